The zero-order valence-corrected chi connectivity index (χ0v) is 19.9. The molecule has 1 aliphatic heterocycles. The van der Waals surface area contributed by atoms with Gasteiger partial charge in [-0.25, -0.2) is 18.7 Å². The van der Waals surface area contributed by atoms with Crippen molar-refractivity contribution < 1.29 is 18.3 Å². The lowest BCUT2D eigenvalue weighted by atomic mass is 10.1. The predicted molar refractivity (Wildman–Crippen MR) is 123 cm³/mol. The van der Waals surface area contributed by atoms with Crippen LogP contribution in [0.5, 0.6) is 11.5 Å². The van der Waals surface area contributed by atoms with Gasteiger partial charge in [-0.2, -0.15) is 5.26 Å². The first-order valence-electron chi connectivity index (χ1n) is 10.2. The van der Waals surface area contributed by atoms with E-state index in [1.807, 2.05) is 6.92 Å². The molecule has 4 rings (SSSR count). The minimum absolute atomic E-state index is 0.0320. The topological polar surface area (TPSA) is 87.1 Å². The van der Waals surface area contributed by atoms with E-state index < -0.39 is 5.92 Å². The van der Waals surface area contributed by atoms with Crippen LogP contribution in [-0.4, -0.2) is 64.9 Å². The predicted octanol–water partition coefficient (Wildman–Crippen LogP) is 4.99. The van der Waals surface area contributed by atoms with Crippen LogP contribution in [0.4, 0.5) is 8.78 Å². The maximum Gasteiger partial charge on any atom is 0.261 e. The van der Waals surface area contributed by atoms with Gasteiger partial charge in [-0.05, 0) is 6.07 Å². The van der Waals surface area contributed by atoms with Crippen molar-refractivity contribution in [3.05, 3.63) is 28.9 Å². The Morgan fingerprint density at radius 1 is 1.30 bits per heavy atom. The largest absolute Gasteiger partial charge is 0.493 e. The number of ether oxygens (including phenoxy) is 2. The van der Waals surface area contributed by atoms with Gasteiger partial charge in [0.2, 0.25) is 0 Å². The molecule has 1 N–H and O–H groups in total. The van der Waals surface area contributed by atoms with Gasteiger partial charge in [0, 0.05) is 42.6 Å². The molecule has 2 aromatic heterocycles. The Balaban J connectivity index is 1.72. The van der Waals surface area contributed by atoms with Crippen molar-refractivity contribution in [3.63, 3.8) is 0 Å². The number of rotatable bonds is 7. The zero-order valence-electron chi connectivity index (χ0n) is 18.3. The lowest BCUT2D eigenvalue weighted by molar-refractivity contribution is 0.0124. The summed E-state index contributed by atoms with van der Waals surface area (Å²) in [5.41, 5.74) is 1.91. The second kappa shape index (κ2) is 9.33. The highest BCUT2D eigenvalue weighted by atomic mass is 35.5. The third-order valence-corrected chi connectivity index (χ3v) is 6.69. The van der Waals surface area contributed by atoms with Crippen LogP contribution in [0.15, 0.2) is 23.5 Å². The molecule has 11 heteroatoms. The SMILES string of the molecule is COc1cc(Cl)c(-c2nc(SC(C)CN3CCC(F)(F)C3)nc3[nH]cc(C#N)c23)cc1OC. The second-order valence-corrected chi connectivity index (χ2v) is 9.66. The van der Waals surface area contributed by atoms with Crippen molar-refractivity contribution in [3.8, 4) is 28.8 Å². The average Bonchev–Trinajstić information content (AvgIpc) is 3.34. The summed E-state index contributed by atoms with van der Waals surface area (Å²) in [5, 5.41) is 10.9. The number of alkyl halides is 2. The van der Waals surface area contributed by atoms with Gasteiger partial charge in [0.25, 0.3) is 5.92 Å². The summed E-state index contributed by atoms with van der Waals surface area (Å²) in [6.45, 7) is 2.58. The van der Waals surface area contributed by atoms with Crippen LogP contribution in [0.25, 0.3) is 22.3 Å². The monoisotopic (exact) mass is 493 g/mol. The van der Waals surface area contributed by atoms with Crippen LogP contribution in [0.3, 0.4) is 0 Å². The van der Waals surface area contributed by atoms with Gasteiger partial charge < -0.3 is 14.5 Å². The molecular weight excluding hydrogens is 472 g/mol. The van der Waals surface area contributed by atoms with Gasteiger partial charge in [0.15, 0.2) is 16.7 Å². The van der Waals surface area contributed by atoms with Gasteiger partial charge in [-0.3, -0.25) is 4.90 Å². The number of H-pyrrole nitrogens is 1. The highest BCUT2D eigenvalue weighted by Gasteiger charge is 2.38. The fourth-order valence-electron chi connectivity index (χ4n) is 3.93. The minimum Gasteiger partial charge on any atom is -0.493 e. The number of halogens is 3. The molecule has 0 radical (unpaired) electrons. The number of aromatic nitrogens is 3. The first-order valence-corrected chi connectivity index (χ1v) is 11.5. The molecule has 1 fully saturated rings. The smallest absolute Gasteiger partial charge is 0.261 e. The zero-order chi connectivity index (χ0) is 23.8. The van der Waals surface area contributed by atoms with Gasteiger partial charge in [-0.1, -0.05) is 30.3 Å². The third kappa shape index (κ3) is 4.86. The Hall–Kier alpha value is -2.61. The Morgan fingerprint density at radius 2 is 2.03 bits per heavy atom. The van der Waals surface area contributed by atoms with Crippen molar-refractivity contribution in [2.45, 2.75) is 29.7 Å². The number of nitrogens with zero attached hydrogens (tertiary/aromatic N) is 4. The number of hydrogen-bond acceptors (Lipinski definition) is 7. The molecule has 0 bridgehead atoms. The van der Waals surface area contributed by atoms with Gasteiger partial charge in [0.05, 0.1) is 42.4 Å². The number of likely N-dealkylation sites (tertiary alicyclic amines) is 1. The number of fused-ring (bicyclic) bond motifs is 1. The molecule has 1 aromatic carbocycles. The van der Waals surface area contributed by atoms with Gasteiger partial charge >= 0.3 is 0 Å². The molecule has 1 unspecified atom stereocenters. The van der Waals surface area contributed by atoms with Crippen molar-refractivity contribution in [2.75, 3.05) is 33.9 Å². The van der Waals surface area contributed by atoms with E-state index in [9.17, 15) is 14.0 Å². The van der Waals surface area contributed by atoms with Crippen LogP contribution in [0, 0.1) is 11.3 Å². The second-order valence-electron chi connectivity index (χ2n) is 7.85. The first kappa shape index (κ1) is 23.5. The van der Waals surface area contributed by atoms with Gasteiger partial charge in [0.1, 0.15) is 11.7 Å². The lowest BCUT2D eigenvalue weighted by Gasteiger charge is -2.20. The minimum atomic E-state index is -2.63. The summed E-state index contributed by atoms with van der Waals surface area (Å²) in [6.07, 6.45) is 1.45. The van der Waals surface area contributed by atoms with E-state index in [4.69, 9.17) is 26.1 Å². The van der Waals surface area contributed by atoms with E-state index in [1.165, 1.54) is 26.0 Å². The van der Waals surface area contributed by atoms with Crippen LogP contribution in [0.2, 0.25) is 5.02 Å². The Kier molecular flexibility index (Phi) is 6.66. The Labute approximate surface area is 199 Å². The Bertz CT molecular complexity index is 1230. The van der Waals surface area contributed by atoms with E-state index in [2.05, 4.69) is 16.0 Å². The number of thioether (sulfide) groups is 1. The highest BCUT2D eigenvalue weighted by Crippen LogP contribution is 2.41. The van der Waals surface area contributed by atoms with E-state index in [0.29, 0.717) is 62.6 Å². The normalized spacial score (nSPS) is 16.6. The summed E-state index contributed by atoms with van der Waals surface area (Å²) in [5.74, 6) is -1.69. The molecule has 33 heavy (non-hydrogen) atoms. The summed E-state index contributed by atoms with van der Waals surface area (Å²) >= 11 is 7.94. The van der Waals surface area contributed by atoms with Crippen molar-refractivity contribution in [2.24, 2.45) is 0 Å². The van der Waals surface area contributed by atoms with Crippen molar-refractivity contribution in [1.29, 1.82) is 5.26 Å². The van der Waals surface area contributed by atoms with E-state index >= 15 is 0 Å². The number of methoxy groups -OCH3 is 2. The summed E-state index contributed by atoms with van der Waals surface area (Å²) in [7, 11) is 3.04. The molecule has 174 valence electrons. The van der Waals surface area contributed by atoms with Gasteiger partial charge in [-0.15, -0.1) is 0 Å². The number of nitrogens with one attached hydrogen (secondary N) is 1. The molecule has 3 heterocycles. The maximum absolute atomic E-state index is 13.5. The number of nitriles is 1. The molecule has 1 atom stereocenters. The van der Waals surface area contributed by atoms with Crippen molar-refractivity contribution in [1.82, 2.24) is 19.9 Å². The molecule has 0 aliphatic carbocycles. The third-order valence-electron chi connectivity index (χ3n) is 5.43. The van der Waals surface area contributed by atoms with E-state index in [0.717, 1.165) is 0 Å². The molecule has 0 spiro atoms. The van der Waals surface area contributed by atoms with E-state index in [1.54, 1.807) is 23.2 Å². The fraction of sp³-hybridized carbons (Fsp3) is 0.409. The molecule has 3 aromatic rings. The van der Waals surface area contributed by atoms with E-state index in [-0.39, 0.29) is 18.2 Å². The molecular formula is C22H22ClF2N5O2S. The van der Waals surface area contributed by atoms with Crippen LogP contribution >= 0.6 is 23.4 Å². The molecule has 0 saturated carbocycles. The van der Waals surface area contributed by atoms with Crippen LogP contribution in [-0.2, 0) is 0 Å². The standard InChI is InChI=1S/C22H22ClF2N5O2S/c1-12(10-30-5-4-22(24,25)11-30)33-21-28-19(18-13(8-26)9-27-20(18)29-21)14-6-16(31-2)17(32-3)7-15(14)23/h6-7,9,12H,4-5,10-11H2,1-3H3,(H,27,28,29). The average molecular weight is 494 g/mol. The number of benzene rings is 1. The summed E-state index contributed by atoms with van der Waals surface area (Å²) < 4.78 is 37.8. The number of aromatic amines is 1. The van der Waals surface area contributed by atoms with Crippen molar-refractivity contribution >= 4 is 34.4 Å². The highest BCUT2D eigenvalue weighted by molar-refractivity contribution is 7.99. The molecule has 7 nitrogen and oxygen atoms in total. The summed E-state index contributed by atoms with van der Waals surface area (Å²) in [4.78, 5) is 14.1. The molecule has 1 aliphatic rings. The first-order chi connectivity index (χ1) is 15.7. The maximum atomic E-state index is 13.5. The summed E-state index contributed by atoms with van der Waals surface area (Å²) in [6, 6.07) is 5.49. The quantitative estimate of drug-likeness (QED) is 0.366. The fourth-order valence-corrected chi connectivity index (χ4v) is 5.10. The number of hydrogen-bond donors (Lipinski definition) is 1. The van der Waals surface area contributed by atoms with Crippen LogP contribution < -0.4 is 9.47 Å². The molecule has 1 saturated heterocycles. The lowest BCUT2D eigenvalue weighted by Crippen LogP contribution is -2.30. The molecule has 0 amide bonds. The Morgan fingerprint density at radius 3 is 2.67 bits per heavy atom. The van der Waals surface area contributed by atoms with Crippen LogP contribution in [0.1, 0.15) is 18.9 Å².